The van der Waals surface area contributed by atoms with Gasteiger partial charge in [-0.25, -0.2) is 4.79 Å². The second kappa shape index (κ2) is 7.35. The predicted molar refractivity (Wildman–Crippen MR) is 91.6 cm³/mol. The quantitative estimate of drug-likeness (QED) is 0.785. The summed E-state index contributed by atoms with van der Waals surface area (Å²) in [6.45, 7) is 5.03. The maximum Gasteiger partial charge on any atom is 0.323 e. The molecule has 1 aliphatic rings. The Bertz CT molecular complexity index is 688. The Kier molecular flexibility index (Phi) is 5.00. The number of H-pyrrole nitrogens is 1. The number of carbonyl (C=O) groups is 1. The number of urea groups is 1. The molecule has 128 valence electrons. The van der Waals surface area contributed by atoms with Crippen LogP contribution in [0, 0.1) is 13.8 Å². The van der Waals surface area contributed by atoms with Gasteiger partial charge < -0.3 is 20.1 Å². The average Bonchev–Trinajstić information content (AvgIpc) is 3.19. The number of aromatic nitrogens is 2. The Labute approximate surface area is 140 Å². The van der Waals surface area contributed by atoms with Crippen LogP contribution in [0.25, 0.3) is 0 Å². The summed E-state index contributed by atoms with van der Waals surface area (Å²) in [6, 6.07) is 6.99. The van der Waals surface area contributed by atoms with Gasteiger partial charge in [-0.05, 0) is 38.8 Å². The van der Waals surface area contributed by atoms with Crippen LogP contribution in [-0.2, 0) is 4.74 Å². The summed E-state index contributed by atoms with van der Waals surface area (Å²) in [5.74, 6) is 0.707. The van der Waals surface area contributed by atoms with E-state index in [1.807, 2.05) is 32.0 Å². The maximum atomic E-state index is 12.1. The van der Waals surface area contributed by atoms with Crippen molar-refractivity contribution in [2.24, 2.45) is 0 Å². The van der Waals surface area contributed by atoms with Crippen molar-refractivity contribution in [3.63, 3.8) is 0 Å². The fourth-order valence-corrected chi connectivity index (χ4v) is 2.64. The van der Waals surface area contributed by atoms with E-state index in [0.29, 0.717) is 23.7 Å². The molecule has 0 unspecified atom stereocenters. The summed E-state index contributed by atoms with van der Waals surface area (Å²) in [5, 5.41) is 12.5. The number of rotatable bonds is 5. The number of hydrogen-bond acceptors (Lipinski definition) is 4. The van der Waals surface area contributed by atoms with E-state index in [2.05, 4.69) is 20.8 Å². The minimum absolute atomic E-state index is 0.164. The number of amides is 2. The van der Waals surface area contributed by atoms with Crippen LogP contribution < -0.4 is 15.4 Å². The Morgan fingerprint density at radius 3 is 3.00 bits per heavy atom. The summed E-state index contributed by atoms with van der Waals surface area (Å²) in [5.41, 5.74) is 2.92. The van der Waals surface area contributed by atoms with Crippen molar-refractivity contribution < 1.29 is 14.3 Å². The molecule has 1 atom stereocenters. The van der Waals surface area contributed by atoms with Gasteiger partial charge in [-0.2, -0.15) is 5.10 Å². The molecule has 1 fully saturated rings. The molecule has 0 aliphatic carbocycles. The molecule has 2 amide bonds. The SMILES string of the molecule is Cc1n[nH]c(C)c1NC(=O)Nc1cccc(OC[C@@H]2CCCO2)c1. The lowest BCUT2D eigenvalue weighted by Crippen LogP contribution is -2.20. The summed E-state index contributed by atoms with van der Waals surface area (Å²) >= 11 is 0. The van der Waals surface area contributed by atoms with Crippen molar-refractivity contribution in [3.05, 3.63) is 35.7 Å². The van der Waals surface area contributed by atoms with E-state index in [1.165, 1.54) is 0 Å². The summed E-state index contributed by atoms with van der Waals surface area (Å²) in [4.78, 5) is 12.1. The van der Waals surface area contributed by atoms with Gasteiger partial charge in [0.2, 0.25) is 0 Å². The Balaban J connectivity index is 1.56. The molecule has 0 saturated carbocycles. The molecule has 1 aromatic heterocycles. The first-order valence-electron chi connectivity index (χ1n) is 8.06. The molecule has 3 rings (SSSR count). The number of benzene rings is 1. The zero-order valence-electron chi connectivity index (χ0n) is 13.9. The van der Waals surface area contributed by atoms with Crippen molar-refractivity contribution in [2.45, 2.75) is 32.8 Å². The lowest BCUT2D eigenvalue weighted by Gasteiger charge is -2.13. The fraction of sp³-hybridized carbons (Fsp3) is 0.412. The number of carbonyl (C=O) groups excluding carboxylic acids is 1. The fourth-order valence-electron chi connectivity index (χ4n) is 2.64. The van der Waals surface area contributed by atoms with Crippen LogP contribution in [0.3, 0.4) is 0 Å². The molecule has 1 aliphatic heterocycles. The molecule has 3 N–H and O–H groups in total. The zero-order chi connectivity index (χ0) is 16.9. The molecule has 1 aromatic carbocycles. The van der Waals surface area contributed by atoms with Gasteiger partial charge in [-0.15, -0.1) is 0 Å². The molecule has 2 aromatic rings. The number of ether oxygens (including phenoxy) is 2. The smallest absolute Gasteiger partial charge is 0.323 e. The first kappa shape index (κ1) is 16.3. The first-order chi connectivity index (χ1) is 11.6. The largest absolute Gasteiger partial charge is 0.491 e. The van der Waals surface area contributed by atoms with Gasteiger partial charge in [0.15, 0.2) is 0 Å². The van der Waals surface area contributed by atoms with Gasteiger partial charge in [0.05, 0.1) is 23.2 Å². The molecule has 1 saturated heterocycles. The minimum Gasteiger partial charge on any atom is -0.491 e. The number of aryl methyl sites for hydroxylation is 2. The highest BCUT2D eigenvalue weighted by Crippen LogP contribution is 2.21. The molecule has 24 heavy (non-hydrogen) atoms. The number of aromatic amines is 1. The van der Waals surface area contributed by atoms with E-state index in [0.717, 1.165) is 30.8 Å². The van der Waals surface area contributed by atoms with E-state index < -0.39 is 0 Å². The third-order valence-electron chi connectivity index (χ3n) is 3.92. The number of hydrogen-bond donors (Lipinski definition) is 3. The van der Waals surface area contributed by atoms with E-state index in [4.69, 9.17) is 9.47 Å². The van der Waals surface area contributed by atoms with Gasteiger partial charge in [-0.3, -0.25) is 5.10 Å². The first-order valence-corrected chi connectivity index (χ1v) is 8.06. The predicted octanol–water partition coefficient (Wildman–Crippen LogP) is 3.23. The molecular weight excluding hydrogens is 308 g/mol. The molecule has 7 heteroatoms. The molecule has 0 radical (unpaired) electrons. The Morgan fingerprint density at radius 2 is 2.29 bits per heavy atom. The van der Waals surface area contributed by atoms with E-state index in [9.17, 15) is 4.79 Å². The van der Waals surface area contributed by atoms with Crippen molar-refractivity contribution in [3.8, 4) is 5.75 Å². The second-order valence-electron chi connectivity index (χ2n) is 5.86. The highest BCUT2D eigenvalue weighted by molar-refractivity contribution is 6.00. The molecule has 7 nitrogen and oxygen atoms in total. The lowest BCUT2D eigenvalue weighted by molar-refractivity contribution is 0.0680. The minimum atomic E-state index is -0.320. The Morgan fingerprint density at radius 1 is 1.42 bits per heavy atom. The molecule has 0 bridgehead atoms. The van der Waals surface area contributed by atoms with Crippen molar-refractivity contribution in [2.75, 3.05) is 23.8 Å². The lowest BCUT2D eigenvalue weighted by atomic mass is 10.2. The van der Waals surface area contributed by atoms with Gasteiger partial charge in [0, 0.05) is 18.4 Å². The van der Waals surface area contributed by atoms with E-state index >= 15 is 0 Å². The topological polar surface area (TPSA) is 88.3 Å². The van der Waals surface area contributed by atoms with Crippen molar-refractivity contribution in [1.82, 2.24) is 10.2 Å². The van der Waals surface area contributed by atoms with Crippen LogP contribution in [0.5, 0.6) is 5.75 Å². The zero-order valence-corrected chi connectivity index (χ0v) is 13.9. The van der Waals surface area contributed by atoms with Gasteiger partial charge in [0.25, 0.3) is 0 Å². The van der Waals surface area contributed by atoms with Crippen LogP contribution >= 0.6 is 0 Å². The normalized spacial score (nSPS) is 16.8. The van der Waals surface area contributed by atoms with Crippen LogP contribution in [0.1, 0.15) is 24.2 Å². The van der Waals surface area contributed by atoms with E-state index in [1.54, 1.807) is 6.07 Å². The van der Waals surface area contributed by atoms with Gasteiger partial charge in [0.1, 0.15) is 12.4 Å². The monoisotopic (exact) mass is 330 g/mol. The standard InChI is InChI=1S/C17H22N4O3/c1-11-16(12(2)21-20-11)19-17(22)18-13-5-3-6-14(9-13)24-10-15-7-4-8-23-15/h3,5-6,9,15H,4,7-8,10H2,1-2H3,(H,20,21)(H2,18,19,22)/t15-/m0/s1. The third kappa shape index (κ3) is 4.05. The third-order valence-corrected chi connectivity index (χ3v) is 3.92. The highest BCUT2D eigenvalue weighted by atomic mass is 16.5. The van der Waals surface area contributed by atoms with Crippen molar-refractivity contribution in [1.29, 1.82) is 0 Å². The van der Waals surface area contributed by atoms with E-state index in [-0.39, 0.29) is 12.1 Å². The molecule has 0 spiro atoms. The number of nitrogens with one attached hydrogen (secondary N) is 3. The molecule has 2 heterocycles. The van der Waals surface area contributed by atoms with Crippen LogP contribution in [-0.4, -0.2) is 35.5 Å². The highest BCUT2D eigenvalue weighted by Gasteiger charge is 2.16. The van der Waals surface area contributed by atoms with Gasteiger partial charge in [-0.1, -0.05) is 6.07 Å². The number of nitrogens with zero attached hydrogens (tertiary/aromatic N) is 1. The second-order valence-corrected chi connectivity index (χ2v) is 5.86. The maximum absolute atomic E-state index is 12.1. The van der Waals surface area contributed by atoms with Crippen LogP contribution in [0.2, 0.25) is 0 Å². The summed E-state index contributed by atoms with van der Waals surface area (Å²) < 4.78 is 11.3. The average molecular weight is 330 g/mol. The Hall–Kier alpha value is -2.54. The van der Waals surface area contributed by atoms with Crippen LogP contribution in [0.4, 0.5) is 16.2 Å². The number of anilines is 2. The summed E-state index contributed by atoms with van der Waals surface area (Å²) in [6.07, 6.45) is 2.28. The van der Waals surface area contributed by atoms with Crippen molar-refractivity contribution >= 4 is 17.4 Å². The van der Waals surface area contributed by atoms with Crippen LogP contribution in [0.15, 0.2) is 24.3 Å². The summed E-state index contributed by atoms with van der Waals surface area (Å²) in [7, 11) is 0. The van der Waals surface area contributed by atoms with Gasteiger partial charge >= 0.3 is 6.03 Å². The molecular formula is C17H22N4O3.